The first kappa shape index (κ1) is 19.0. The van der Waals surface area contributed by atoms with E-state index in [1.165, 1.54) is 15.6 Å². The Balaban J connectivity index is 2.73. The highest BCUT2D eigenvalue weighted by Gasteiger charge is 2.26. The lowest BCUT2D eigenvalue weighted by Gasteiger charge is -2.23. The van der Waals surface area contributed by atoms with Gasteiger partial charge in [-0.25, -0.2) is 8.42 Å². The van der Waals surface area contributed by atoms with Gasteiger partial charge in [0.1, 0.15) is 4.21 Å². The van der Waals surface area contributed by atoms with E-state index in [1.807, 2.05) is 19.2 Å². The minimum atomic E-state index is -3.36. The zero-order valence-electron chi connectivity index (χ0n) is 13.3. The Labute approximate surface area is 137 Å². The number of thiophene rings is 1. The highest BCUT2D eigenvalue weighted by molar-refractivity contribution is 7.98. The van der Waals surface area contributed by atoms with E-state index >= 15 is 0 Å². The van der Waals surface area contributed by atoms with E-state index < -0.39 is 10.0 Å². The fourth-order valence-corrected chi connectivity index (χ4v) is 5.31. The number of nitrogens with zero attached hydrogens (tertiary/aromatic N) is 1. The molecule has 1 rings (SSSR count). The Morgan fingerprint density at radius 1 is 1.43 bits per heavy atom. The van der Waals surface area contributed by atoms with Crippen LogP contribution in [-0.4, -0.2) is 44.4 Å². The Morgan fingerprint density at radius 3 is 2.76 bits per heavy atom. The molecule has 0 amide bonds. The van der Waals surface area contributed by atoms with Crippen molar-refractivity contribution >= 4 is 33.1 Å². The number of hydrogen-bond donors (Lipinski definition) is 1. The van der Waals surface area contributed by atoms with Gasteiger partial charge in [-0.2, -0.15) is 16.1 Å². The van der Waals surface area contributed by atoms with Crippen molar-refractivity contribution in [3.8, 4) is 0 Å². The van der Waals surface area contributed by atoms with Crippen LogP contribution in [0.15, 0.2) is 16.3 Å². The van der Waals surface area contributed by atoms with Gasteiger partial charge in [-0.15, -0.1) is 11.3 Å². The average Bonchev–Trinajstić information content (AvgIpc) is 2.93. The van der Waals surface area contributed by atoms with Gasteiger partial charge >= 0.3 is 0 Å². The smallest absolute Gasteiger partial charge is 0.252 e. The van der Waals surface area contributed by atoms with Gasteiger partial charge in [-0.05, 0) is 50.5 Å². The van der Waals surface area contributed by atoms with Crippen LogP contribution in [0.3, 0.4) is 0 Å². The van der Waals surface area contributed by atoms with E-state index in [1.54, 1.807) is 24.9 Å². The lowest BCUT2D eigenvalue weighted by atomic mass is 10.3. The number of hydrogen-bond acceptors (Lipinski definition) is 5. The van der Waals surface area contributed by atoms with Crippen molar-refractivity contribution in [3.05, 3.63) is 17.0 Å². The Morgan fingerprint density at radius 2 is 2.14 bits per heavy atom. The fourth-order valence-electron chi connectivity index (χ4n) is 1.83. The summed E-state index contributed by atoms with van der Waals surface area (Å²) in [7, 11) is -1.69. The first-order valence-electron chi connectivity index (χ1n) is 7.19. The molecule has 0 saturated carbocycles. The molecule has 0 aliphatic heterocycles. The van der Waals surface area contributed by atoms with Crippen LogP contribution in [0.2, 0.25) is 0 Å². The maximum absolute atomic E-state index is 12.6. The van der Waals surface area contributed by atoms with Gasteiger partial charge in [-0.1, -0.05) is 6.92 Å². The van der Waals surface area contributed by atoms with Gasteiger partial charge in [-0.3, -0.25) is 0 Å². The average molecular weight is 351 g/mol. The van der Waals surface area contributed by atoms with Crippen molar-refractivity contribution in [2.45, 2.75) is 43.5 Å². The van der Waals surface area contributed by atoms with E-state index in [2.05, 4.69) is 12.2 Å². The van der Waals surface area contributed by atoms with Crippen LogP contribution in [-0.2, 0) is 16.6 Å². The van der Waals surface area contributed by atoms with Crippen LogP contribution in [0.1, 0.15) is 31.6 Å². The van der Waals surface area contributed by atoms with Crippen molar-refractivity contribution in [1.29, 1.82) is 0 Å². The van der Waals surface area contributed by atoms with Gasteiger partial charge in [0, 0.05) is 24.5 Å². The van der Waals surface area contributed by atoms with Crippen LogP contribution in [0.5, 0.6) is 0 Å². The number of thioether (sulfide) groups is 1. The summed E-state index contributed by atoms with van der Waals surface area (Å²) in [5, 5.41) is 3.30. The number of rotatable bonds is 10. The second kappa shape index (κ2) is 9.15. The molecule has 0 spiro atoms. The summed E-state index contributed by atoms with van der Waals surface area (Å²) in [6.45, 7) is 5.76. The molecular formula is C14H26N2O2S3. The molecule has 1 N–H and O–H groups in total. The SMILES string of the molecule is CCCNCc1ccc(S(=O)(=O)N(C)C(C)CCSC)s1. The number of sulfonamides is 1. The first-order valence-corrected chi connectivity index (χ1v) is 10.8. The molecule has 1 unspecified atom stereocenters. The van der Waals surface area contributed by atoms with Crippen LogP contribution in [0, 0.1) is 0 Å². The predicted molar refractivity (Wildman–Crippen MR) is 93.7 cm³/mol. The highest BCUT2D eigenvalue weighted by atomic mass is 32.2. The van der Waals surface area contributed by atoms with Crippen molar-refractivity contribution in [2.75, 3.05) is 25.6 Å². The summed E-state index contributed by atoms with van der Waals surface area (Å²) < 4.78 is 27.1. The van der Waals surface area contributed by atoms with Crippen LogP contribution < -0.4 is 5.32 Å². The molecule has 0 aliphatic rings. The third kappa shape index (κ3) is 5.56. The highest BCUT2D eigenvalue weighted by Crippen LogP contribution is 2.26. The summed E-state index contributed by atoms with van der Waals surface area (Å²) in [5.74, 6) is 0.970. The minimum Gasteiger partial charge on any atom is -0.312 e. The van der Waals surface area contributed by atoms with E-state index in [0.29, 0.717) is 4.21 Å². The minimum absolute atomic E-state index is 0.0196. The van der Waals surface area contributed by atoms with Crippen molar-refractivity contribution in [1.82, 2.24) is 9.62 Å². The number of nitrogens with one attached hydrogen (secondary N) is 1. The Hall–Kier alpha value is -0.0800. The molecule has 1 aromatic heterocycles. The largest absolute Gasteiger partial charge is 0.312 e. The fraction of sp³-hybridized carbons (Fsp3) is 0.714. The molecule has 0 fully saturated rings. The second-order valence-corrected chi connectivity index (χ2v) is 9.43. The van der Waals surface area contributed by atoms with E-state index in [-0.39, 0.29) is 6.04 Å². The summed E-state index contributed by atoms with van der Waals surface area (Å²) in [6.07, 6.45) is 3.98. The molecule has 7 heteroatoms. The van der Waals surface area contributed by atoms with Crippen LogP contribution >= 0.6 is 23.1 Å². The molecule has 0 radical (unpaired) electrons. The molecule has 1 atom stereocenters. The van der Waals surface area contributed by atoms with Gasteiger partial charge in [0.2, 0.25) is 0 Å². The molecule has 0 aromatic carbocycles. The molecule has 1 heterocycles. The maximum atomic E-state index is 12.6. The van der Waals surface area contributed by atoms with Crippen molar-refractivity contribution in [2.24, 2.45) is 0 Å². The summed E-state index contributed by atoms with van der Waals surface area (Å²) >= 11 is 3.10. The third-order valence-electron chi connectivity index (χ3n) is 3.36. The Kier molecular flexibility index (Phi) is 8.26. The standard InChI is InChI=1S/C14H26N2O2S3/c1-5-9-15-11-13-6-7-14(20-13)21(17,18)16(3)12(2)8-10-19-4/h6-7,12,15H,5,8-11H2,1-4H3. The van der Waals surface area contributed by atoms with Crippen molar-refractivity contribution < 1.29 is 8.42 Å². The summed E-state index contributed by atoms with van der Waals surface area (Å²) in [6, 6.07) is 3.65. The first-order chi connectivity index (χ1) is 9.93. The van der Waals surface area contributed by atoms with E-state index in [9.17, 15) is 8.42 Å². The van der Waals surface area contributed by atoms with Crippen molar-refractivity contribution in [3.63, 3.8) is 0 Å². The molecule has 122 valence electrons. The zero-order chi connectivity index (χ0) is 15.9. The Bertz CT molecular complexity index is 514. The van der Waals surface area contributed by atoms with E-state index in [0.717, 1.165) is 36.6 Å². The summed E-state index contributed by atoms with van der Waals surface area (Å²) in [4.78, 5) is 1.06. The molecular weight excluding hydrogens is 324 g/mol. The topological polar surface area (TPSA) is 49.4 Å². The zero-order valence-corrected chi connectivity index (χ0v) is 15.7. The van der Waals surface area contributed by atoms with Crippen LogP contribution in [0.4, 0.5) is 0 Å². The van der Waals surface area contributed by atoms with E-state index in [4.69, 9.17) is 0 Å². The maximum Gasteiger partial charge on any atom is 0.252 e. The normalized spacial score (nSPS) is 13.8. The van der Waals surface area contributed by atoms with Gasteiger partial charge in [0.15, 0.2) is 0 Å². The lowest BCUT2D eigenvalue weighted by molar-refractivity contribution is 0.383. The lowest BCUT2D eigenvalue weighted by Crippen LogP contribution is -2.35. The molecule has 21 heavy (non-hydrogen) atoms. The summed E-state index contributed by atoms with van der Waals surface area (Å²) in [5.41, 5.74) is 0. The quantitative estimate of drug-likeness (QED) is 0.659. The molecule has 0 aliphatic carbocycles. The van der Waals surface area contributed by atoms with Gasteiger partial charge < -0.3 is 5.32 Å². The third-order valence-corrected chi connectivity index (χ3v) is 7.53. The monoisotopic (exact) mass is 350 g/mol. The molecule has 0 saturated heterocycles. The van der Waals surface area contributed by atoms with Crippen LogP contribution in [0.25, 0.3) is 0 Å². The molecule has 0 bridgehead atoms. The second-order valence-electron chi connectivity index (χ2n) is 5.05. The molecule has 1 aromatic rings. The predicted octanol–water partition coefficient (Wildman–Crippen LogP) is 3.01. The molecule has 4 nitrogen and oxygen atoms in total. The van der Waals surface area contributed by atoms with Gasteiger partial charge in [0.05, 0.1) is 0 Å². The van der Waals surface area contributed by atoms with Gasteiger partial charge in [0.25, 0.3) is 10.0 Å².